The van der Waals surface area contributed by atoms with Gasteiger partial charge in [-0.2, -0.15) is 0 Å². The Bertz CT molecular complexity index is 341. The molecule has 1 aromatic heterocycles. The highest BCUT2D eigenvalue weighted by Crippen LogP contribution is 2.23. The number of pyridine rings is 1. The van der Waals surface area contributed by atoms with E-state index in [4.69, 9.17) is 0 Å². The molecule has 1 aromatic rings. The van der Waals surface area contributed by atoms with E-state index in [9.17, 15) is 4.79 Å². The number of rotatable bonds is 4. The Labute approximate surface area is 94.2 Å². The average molecular weight is 225 g/mol. The quantitative estimate of drug-likeness (QED) is 0.583. The summed E-state index contributed by atoms with van der Waals surface area (Å²) in [5, 5.41) is 1.14. The Morgan fingerprint density at radius 2 is 2.33 bits per heavy atom. The van der Waals surface area contributed by atoms with Crippen molar-refractivity contribution in [2.45, 2.75) is 30.5 Å². The van der Waals surface area contributed by atoms with Crippen LogP contribution in [-0.2, 0) is 9.53 Å². The maximum absolute atomic E-state index is 11.0. The number of hydrogen-bond acceptors (Lipinski definition) is 4. The van der Waals surface area contributed by atoms with Crippen LogP contribution in [-0.4, -0.2) is 23.3 Å². The third kappa shape index (κ3) is 4.34. The molecule has 0 aliphatic heterocycles. The lowest BCUT2D eigenvalue weighted by molar-refractivity contribution is -0.140. The highest BCUT2D eigenvalue weighted by atomic mass is 32.2. The molecule has 0 saturated carbocycles. The van der Waals surface area contributed by atoms with Crippen molar-refractivity contribution in [2.75, 3.05) is 7.11 Å². The summed E-state index contributed by atoms with van der Waals surface area (Å²) in [4.78, 5) is 15.4. The van der Waals surface area contributed by atoms with Crippen molar-refractivity contribution in [3.05, 3.63) is 23.9 Å². The van der Waals surface area contributed by atoms with Gasteiger partial charge in [0, 0.05) is 10.9 Å². The Balaban J connectivity index is 2.51. The number of aromatic nitrogens is 1. The third-order valence-corrected chi connectivity index (χ3v) is 2.90. The van der Waals surface area contributed by atoms with Gasteiger partial charge < -0.3 is 4.74 Å². The van der Waals surface area contributed by atoms with E-state index in [1.54, 1.807) is 11.8 Å². The Kier molecular flexibility index (Phi) is 4.62. The van der Waals surface area contributed by atoms with Crippen molar-refractivity contribution in [3.8, 4) is 0 Å². The number of ether oxygens (including phenoxy) is 1. The summed E-state index contributed by atoms with van der Waals surface area (Å²) in [7, 11) is 1.41. The van der Waals surface area contributed by atoms with Crippen LogP contribution in [0.3, 0.4) is 0 Å². The molecule has 1 heterocycles. The molecule has 0 aromatic carbocycles. The van der Waals surface area contributed by atoms with Crippen molar-refractivity contribution < 1.29 is 9.53 Å². The molecule has 0 aliphatic rings. The molecule has 1 unspecified atom stereocenters. The monoisotopic (exact) mass is 225 g/mol. The molecule has 0 amide bonds. The van der Waals surface area contributed by atoms with E-state index >= 15 is 0 Å². The van der Waals surface area contributed by atoms with Crippen molar-refractivity contribution in [2.24, 2.45) is 0 Å². The lowest BCUT2D eigenvalue weighted by Gasteiger charge is -2.08. The van der Waals surface area contributed by atoms with Gasteiger partial charge in [-0.1, -0.05) is 13.0 Å². The van der Waals surface area contributed by atoms with Gasteiger partial charge in [0.1, 0.15) is 0 Å². The molecule has 15 heavy (non-hydrogen) atoms. The summed E-state index contributed by atoms with van der Waals surface area (Å²) in [6.07, 6.45) is 0.413. The molecule has 0 radical (unpaired) electrons. The van der Waals surface area contributed by atoms with Gasteiger partial charge in [0.25, 0.3) is 0 Å². The van der Waals surface area contributed by atoms with E-state index in [0.717, 1.165) is 10.7 Å². The second-order valence-electron chi connectivity index (χ2n) is 3.33. The maximum Gasteiger partial charge on any atom is 0.306 e. The molecule has 3 nitrogen and oxygen atoms in total. The lowest BCUT2D eigenvalue weighted by Crippen LogP contribution is -2.08. The van der Waals surface area contributed by atoms with Gasteiger partial charge in [0.15, 0.2) is 0 Å². The van der Waals surface area contributed by atoms with Crippen LogP contribution in [0.25, 0.3) is 0 Å². The molecule has 0 bridgehead atoms. The molecule has 0 aliphatic carbocycles. The predicted molar refractivity (Wildman–Crippen MR) is 60.9 cm³/mol. The molecule has 4 heteroatoms. The van der Waals surface area contributed by atoms with Gasteiger partial charge in [0.05, 0.1) is 18.6 Å². The number of carbonyl (C=O) groups excluding carboxylic acids is 1. The fraction of sp³-hybridized carbons (Fsp3) is 0.455. The van der Waals surface area contributed by atoms with Crippen LogP contribution in [0.1, 0.15) is 19.0 Å². The zero-order chi connectivity index (χ0) is 11.3. The zero-order valence-electron chi connectivity index (χ0n) is 9.19. The average Bonchev–Trinajstić information content (AvgIpc) is 2.17. The topological polar surface area (TPSA) is 39.2 Å². The minimum Gasteiger partial charge on any atom is -0.469 e. The third-order valence-electron chi connectivity index (χ3n) is 1.87. The summed E-state index contributed by atoms with van der Waals surface area (Å²) in [5.41, 5.74) is 0.991. The van der Waals surface area contributed by atoms with E-state index in [1.807, 2.05) is 32.0 Å². The molecule has 82 valence electrons. The van der Waals surface area contributed by atoms with Gasteiger partial charge in [-0.3, -0.25) is 4.79 Å². The van der Waals surface area contributed by atoms with Crippen LogP contribution in [0.15, 0.2) is 23.2 Å². The van der Waals surface area contributed by atoms with Crippen molar-refractivity contribution in [1.29, 1.82) is 0 Å². The SMILES string of the molecule is COC(=O)CC(C)Sc1cccc(C)n1. The summed E-state index contributed by atoms with van der Waals surface area (Å²) in [6.45, 7) is 3.95. The first-order chi connectivity index (χ1) is 7.11. The van der Waals surface area contributed by atoms with Gasteiger partial charge in [-0.15, -0.1) is 11.8 Å². The standard InChI is InChI=1S/C11H15NO2S/c1-8-5-4-6-10(12-8)15-9(2)7-11(13)14-3/h4-6,9H,7H2,1-3H3. The number of hydrogen-bond donors (Lipinski definition) is 0. The Morgan fingerprint density at radius 1 is 1.60 bits per heavy atom. The zero-order valence-corrected chi connectivity index (χ0v) is 10.0. The number of thioether (sulfide) groups is 1. The summed E-state index contributed by atoms with van der Waals surface area (Å²) < 4.78 is 4.61. The normalized spacial score (nSPS) is 12.2. The Morgan fingerprint density at radius 3 is 2.93 bits per heavy atom. The van der Waals surface area contributed by atoms with Crippen LogP contribution < -0.4 is 0 Å². The largest absolute Gasteiger partial charge is 0.469 e. The van der Waals surface area contributed by atoms with Crippen molar-refractivity contribution in [1.82, 2.24) is 4.98 Å². The first kappa shape index (κ1) is 12.0. The molecule has 0 saturated heterocycles. The summed E-state index contributed by atoms with van der Waals surface area (Å²) in [6, 6.07) is 5.87. The first-order valence-corrected chi connectivity index (χ1v) is 5.67. The van der Waals surface area contributed by atoms with Crippen molar-refractivity contribution >= 4 is 17.7 Å². The van der Waals surface area contributed by atoms with E-state index in [2.05, 4.69) is 9.72 Å². The van der Waals surface area contributed by atoms with E-state index in [1.165, 1.54) is 7.11 Å². The number of aryl methyl sites for hydroxylation is 1. The minimum absolute atomic E-state index is 0.178. The van der Waals surface area contributed by atoms with E-state index in [0.29, 0.717) is 6.42 Å². The van der Waals surface area contributed by atoms with Gasteiger partial charge in [-0.05, 0) is 19.1 Å². The van der Waals surface area contributed by atoms with Crippen LogP contribution in [0, 0.1) is 6.92 Å². The molecule has 1 rings (SSSR count). The van der Waals surface area contributed by atoms with Gasteiger partial charge in [-0.25, -0.2) is 4.98 Å². The summed E-state index contributed by atoms with van der Waals surface area (Å²) >= 11 is 1.59. The fourth-order valence-corrected chi connectivity index (χ4v) is 2.14. The highest BCUT2D eigenvalue weighted by molar-refractivity contribution is 7.99. The van der Waals surface area contributed by atoms with E-state index in [-0.39, 0.29) is 11.2 Å². The second kappa shape index (κ2) is 5.75. The van der Waals surface area contributed by atoms with Crippen LogP contribution in [0.2, 0.25) is 0 Å². The maximum atomic E-state index is 11.0. The summed E-state index contributed by atoms with van der Waals surface area (Å²) in [5.74, 6) is -0.178. The molecule has 0 N–H and O–H groups in total. The second-order valence-corrected chi connectivity index (χ2v) is 4.78. The minimum atomic E-state index is -0.178. The lowest BCUT2D eigenvalue weighted by atomic mass is 10.3. The van der Waals surface area contributed by atoms with Crippen molar-refractivity contribution in [3.63, 3.8) is 0 Å². The molecule has 0 fully saturated rings. The number of nitrogens with zero attached hydrogens (tertiary/aromatic N) is 1. The molecule has 1 atom stereocenters. The number of esters is 1. The van der Waals surface area contributed by atoms with Crippen LogP contribution in [0.5, 0.6) is 0 Å². The number of carbonyl (C=O) groups is 1. The molecular formula is C11H15NO2S. The molecule has 0 spiro atoms. The predicted octanol–water partition coefficient (Wildman–Crippen LogP) is 2.43. The van der Waals surface area contributed by atoms with E-state index < -0.39 is 0 Å². The van der Waals surface area contributed by atoms with Crippen LogP contribution >= 0.6 is 11.8 Å². The number of methoxy groups -OCH3 is 1. The highest BCUT2D eigenvalue weighted by Gasteiger charge is 2.11. The fourth-order valence-electron chi connectivity index (χ4n) is 1.15. The van der Waals surface area contributed by atoms with Gasteiger partial charge in [0.2, 0.25) is 0 Å². The van der Waals surface area contributed by atoms with Crippen LogP contribution in [0.4, 0.5) is 0 Å². The molecular weight excluding hydrogens is 210 g/mol. The smallest absolute Gasteiger partial charge is 0.306 e. The first-order valence-electron chi connectivity index (χ1n) is 4.79. The Hall–Kier alpha value is -1.03. The van der Waals surface area contributed by atoms with Gasteiger partial charge >= 0.3 is 5.97 Å².